The third-order valence-corrected chi connectivity index (χ3v) is 2.59. The van der Waals surface area contributed by atoms with Crippen molar-refractivity contribution in [2.45, 2.75) is 6.61 Å². The van der Waals surface area contributed by atoms with E-state index in [1.165, 1.54) is 6.39 Å². The van der Waals surface area contributed by atoms with Gasteiger partial charge in [-0.1, -0.05) is 29.4 Å². The zero-order valence-electron chi connectivity index (χ0n) is 9.41. The van der Waals surface area contributed by atoms with Gasteiger partial charge in [-0.15, -0.1) is 0 Å². The molecule has 0 saturated heterocycles. The van der Waals surface area contributed by atoms with Crippen LogP contribution in [-0.4, -0.2) is 15.2 Å². The summed E-state index contributed by atoms with van der Waals surface area (Å²) >= 11 is 0. The van der Waals surface area contributed by atoms with E-state index in [9.17, 15) is 5.11 Å². The molecule has 1 heterocycles. The summed E-state index contributed by atoms with van der Waals surface area (Å²) in [5.74, 6) is 0.929. The average molecular weight is 242 g/mol. The fourth-order valence-electron chi connectivity index (χ4n) is 1.72. The Labute approximate surface area is 103 Å². The van der Waals surface area contributed by atoms with E-state index < -0.39 is 0 Å². The maximum Gasteiger partial charge on any atom is 0.213 e. The number of rotatable bonds is 3. The van der Waals surface area contributed by atoms with Crippen LogP contribution in [0.5, 0.6) is 11.5 Å². The van der Waals surface area contributed by atoms with Gasteiger partial charge in [0.1, 0.15) is 0 Å². The van der Waals surface area contributed by atoms with Crippen molar-refractivity contribution in [2.75, 3.05) is 0 Å². The minimum atomic E-state index is 0.0946. The van der Waals surface area contributed by atoms with Crippen LogP contribution in [-0.2, 0) is 6.61 Å². The maximum absolute atomic E-state index is 9.85. The number of hydrogen-bond donors (Lipinski definition) is 1. The molecule has 0 saturated carbocycles. The average Bonchev–Trinajstić information content (AvgIpc) is 2.89. The van der Waals surface area contributed by atoms with E-state index >= 15 is 0 Å². The quantitative estimate of drug-likeness (QED) is 0.764. The Kier molecular flexibility index (Phi) is 2.57. The smallest absolute Gasteiger partial charge is 0.213 e. The van der Waals surface area contributed by atoms with Gasteiger partial charge in [0.15, 0.2) is 18.1 Å². The van der Waals surface area contributed by atoms with Gasteiger partial charge in [0.05, 0.1) is 0 Å². The van der Waals surface area contributed by atoms with Crippen LogP contribution in [0.3, 0.4) is 0 Å². The highest BCUT2D eigenvalue weighted by Gasteiger charge is 2.06. The standard InChI is InChI=1S/C13H10N2O3/c16-11-5-9-3-1-2-4-10(9)6-12(11)17-7-13-14-8-18-15-13/h1-6,8,16H,7H2. The van der Waals surface area contributed by atoms with Gasteiger partial charge in [0.2, 0.25) is 12.2 Å². The summed E-state index contributed by atoms with van der Waals surface area (Å²) in [4.78, 5) is 3.84. The Balaban J connectivity index is 1.89. The van der Waals surface area contributed by atoms with Crippen molar-refractivity contribution in [3.8, 4) is 11.5 Å². The topological polar surface area (TPSA) is 68.4 Å². The zero-order chi connectivity index (χ0) is 12.4. The van der Waals surface area contributed by atoms with E-state index in [-0.39, 0.29) is 12.4 Å². The molecule has 18 heavy (non-hydrogen) atoms. The van der Waals surface area contributed by atoms with Crippen LogP contribution in [0.2, 0.25) is 0 Å². The predicted octanol–water partition coefficient (Wildman–Crippen LogP) is 2.51. The van der Waals surface area contributed by atoms with Crippen LogP contribution in [0.25, 0.3) is 10.8 Å². The van der Waals surface area contributed by atoms with E-state index in [0.717, 1.165) is 10.8 Å². The Morgan fingerprint density at radius 1 is 1.17 bits per heavy atom. The first-order valence-electron chi connectivity index (χ1n) is 5.43. The van der Waals surface area contributed by atoms with Crippen LogP contribution in [0, 0.1) is 0 Å². The molecule has 90 valence electrons. The molecule has 0 atom stereocenters. The lowest BCUT2D eigenvalue weighted by atomic mass is 10.1. The molecule has 0 unspecified atom stereocenters. The summed E-state index contributed by atoms with van der Waals surface area (Å²) in [6.45, 7) is 0.155. The molecule has 3 rings (SSSR count). The second-order valence-corrected chi connectivity index (χ2v) is 3.80. The van der Waals surface area contributed by atoms with Crippen molar-refractivity contribution in [1.29, 1.82) is 0 Å². The van der Waals surface area contributed by atoms with Gasteiger partial charge in [-0.25, -0.2) is 0 Å². The number of benzene rings is 2. The van der Waals surface area contributed by atoms with Crippen LogP contribution < -0.4 is 4.74 Å². The molecular formula is C13H10N2O3. The first-order valence-corrected chi connectivity index (χ1v) is 5.43. The van der Waals surface area contributed by atoms with Crippen molar-refractivity contribution in [1.82, 2.24) is 10.1 Å². The normalized spacial score (nSPS) is 10.7. The van der Waals surface area contributed by atoms with Gasteiger partial charge in [0, 0.05) is 0 Å². The highest BCUT2D eigenvalue weighted by molar-refractivity contribution is 5.85. The van der Waals surface area contributed by atoms with Crippen molar-refractivity contribution in [2.24, 2.45) is 0 Å². The lowest BCUT2D eigenvalue weighted by molar-refractivity contribution is 0.273. The van der Waals surface area contributed by atoms with Gasteiger partial charge in [0.25, 0.3) is 0 Å². The molecule has 0 aliphatic heterocycles. The van der Waals surface area contributed by atoms with E-state index in [2.05, 4.69) is 14.7 Å². The Morgan fingerprint density at radius 2 is 1.94 bits per heavy atom. The largest absolute Gasteiger partial charge is 0.504 e. The lowest BCUT2D eigenvalue weighted by Crippen LogP contribution is -1.97. The van der Waals surface area contributed by atoms with Crippen molar-refractivity contribution in [3.05, 3.63) is 48.6 Å². The predicted molar refractivity (Wildman–Crippen MR) is 64.2 cm³/mol. The molecule has 0 radical (unpaired) electrons. The molecule has 0 aliphatic rings. The molecule has 0 aliphatic carbocycles. The molecule has 0 bridgehead atoms. The summed E-state index contributed by atoms with van der Waals surface area (Å²) in [6, 6.07) is 11.2. The first-order chi connectivity index (χ1) is 8.83. The minimum absolute atomic E-state index is 0.0946. The van der Waals surface area contributed by atoms with Crippen molar-refractivity contribution in [3.63, 3.8) is 0 Å². The number of ether oxygens (including phenoxy) is 1. The number of fused-ring (bicyclic) bond motifs is 1. The van der Waals surface area contributed by atoms with Crippen LogP contribution in [0.15, 0.2) is 47.3 Å². The van der Waals surface area contributed by atoms with E-state index in [1.54, 1.807) is 12.1 Å². The molecule has 2 aromatic carbocycles. The highest BCUT2D eigenvalue weighted by atomic mass is 16.5. The number of aromatic nitrogens is 2. The molecule has 1 aromatic heterocycles. The molecule has 5 heteroatoms. The van der Waals surface area contributed by atoms with Gasteiger partial charge in [-0.2, -0.15) is 4.98 Å². The Morgan fingerprint density at radius 3 is 2.67 bits per heavy atom. The van der Waals surface area contributed by atoms with Crippen LogP contribution in [0.4, 0.5) is 0 Å². The molecule has 3 aromatic rings. The summed E-state index contributed by atoms with van der Waals surface area (Å²) < 4.78 is 10.1. The van der Waals surface area contributed by atoms with Crippen LogP contribution in [0.1, 0.15) is 5.82 Å². The second-order valence-electron chi connectivity index (χ2n) is 3.80. The zero-order valence-corrected chi connectivity index (χ0v) is 9.41. The Bertz CT molecular complexity index is 665. The molecule has 0 fully saturated rings. The van der Waals surface area contributed by atoms with E-state index in [1.807, 2.05) is 24.3 Å². The van der Waals surface area contributed by atoms with E-state index in [4.69, 9.17) is 4.74 Å². The molecular weight excluding hydrogens is 232 g/mol. The number of nitrogens with zero attached hydrogens (tertiary/aromatic N) is 2. The number of phenolic OH excluding ortho intramolecular Hbond substituents is 1. The molecule has 0 amide bonds. The minimum Gasteiger partial charge on any atom is -0.504 e. The third kappa shape index (κ3) is 1.98. The lowest BCUT2D eigenvalue weighted by Gasteiger charge is -2.07. The third-order valence-electron chi connectivity index (χ3n) is 2.59. The van der Waals surface area contributed by atoms with E-state index in [0.29, 0.717) is 11.6 Å². The highest BCUT2D eigenvalue weighted by Crippen LogP contribution is 2.31. The summed E-state index contributed by atoms with van der Waals surface area (Å²) in [5, 5.41) is 15.4. The van der Waals surface area contributed by atoms with Gasteiger partial charge < -0.3 is 14.4 Å². The van der Waals surface area contributed by atoms with Gasteiger partial charge >= 0.3 is 0 Å². The number of aromatic hydroxyl groups is 1. The van der Waals surface area contributed by atoms with Crippen molar-refractivity contribution >= 4 is 10.8 Å². The Hall–Kier alpha value is -2.56. The number of phenols is 1. The van der Waals surface area contributed by atoms with Gasteiger partial charge in [-0.3, -0.25) is 0 Å². The molecule has 0 spiro atoms. The number of hydrogen-bond acceptors (Lipinski definition) is 5. The molecule has 1 N–H and O–H groups in total. The first kappa shape index (κ1) is 10.6. The SMILES string of the molecule is Oc1cc2ccccc2cc1OCc1ncon1. The fraction of sp³-hybridized carbons (Fsp3) is 0.0769. The second kappa shape index (κ2) is 4.37. The maximum atomic E-state index is 9.85. The monoisotopic (exact) mass is 242 g/mol. The fourth-order valence-corrected chi connectivity index (χ4v) is 1.72. The summed E-state index contributed by atoms with van der Waals surface area (Å²) in [6.07, 6.45) is 1.24. The summed E-state index contributed by atoms with van der Waals surface area (Å²) in [5.41, 5.74) is 0. The van der Waals surface area contributed by atoms with Crippen LogP contribution >= 0.6 is 0 Å². The summed E-state index contributed by atoms with van der Waals surface area (Å²) in [7, 11) is 0. The molecule has 5 nitrogen and oxygen atoms in total. The van der Waals surface area contributed by atoms with Crippen molar-refractivity contribution < 1.29 is 14.4 Å². The van der Waals surface area contributed by atoms with Gasteiger partial charge in [-0.05, 0) is 22.9 Å².